The van der Waals surface area contributed by atoms with Crippen LogP contribution in [0.3, 0.4) is 0 Å². The molecule has 0 fully saturated rings. The quantitative estimate of drug-likeness (QED) is 0.646. The lowest BCUT2D eigenvalue weighted by Gasteiger charge is -2.01. The minimum Gasteiger partial charge on any atom is -1.00 e. The van der Waals surface area contributed by atoms with Gasteiger partial charge < -0.3 is 22.3 Å². The Hall–Kier alpha value is -3.11. The second-order valence-corrected chi connectivity index (χ2v) is 5.92. The van der Waals surface area contributed by atoms with Crippen LogP contribution in [-0.4, -0.2) is 18.2 Å². The number of ether oxygens (including phenoxy) is 1. The maximum atomic E-state index is 11.1. The van der Waals surface area contributed by atoms with Gasteiger partial charge in [0, 0.05) is 17.7 Å². The molecule has 138 valence electrons. The van der Waals surface area contributed by atoms with E-state index in [-0.39, 0.29) is 12.4 Å². The predicted molar refractivity (Wildman–Crippen MR) is 101 cm³/mol. The molecule has 1 heterocycles. The molecule has 0 bridgehead atoms. The van der Waals surface area contributed by atoms with Gasteiger partial charge in [-0.1, -0.05) is 36.4 Å². The Morgan fingerprint density at radius 1 is 1.00 bits per heavy atom. The standard InChI is InChI=1S/C22H19NO3.ClH/c1-26-21-9-7-17(8-10-21)5-6-18-11-13-23(14-12-18)16-19-3-2-4-20(15-19)22(24)25;/h2-15H,16H2,1H3;1H/b6-5-;. The Balaban J connectivity index is 0.00000261. The third-order valence-corrected chi connectivity index (χ3v) is 4.04. The average Bonchev–Trinajstić information content (AvgIpc) is 2.68. The van der Waals surface area contributed by atoms with Crippen molar-refractivity contribution < 1.29 is 31.6 Å². The van der Waals surface area contributed by atoms with Crippen molar-refractivity contribution in [1.82, 2.24) is 0 Å². The van der Waals surface area contributed by atoms with Crippen molar-refractivity contribution in [3.05, 3.63) is 95.3 Å². The van der Waals surface area contributed by atoms with Crippen LogP contribution in [0.4, 0.5) is 0 Å². The lowest BCUT2D eigenvalue weighted by atomic mass is 10.1. The smallest absolute Gasteiger partial charge is 0.335 e. The number of halogens is 1. The molecule has 3 aromatic rings. The van der Waals surface area contributed by atoms with Crippen molar-refractivity contribution in [1.29, 1.82) is 0 Å². The third-order valence-electron chi connectivity index (χ3n) is 4.04. The summed E-state index contributed by atoms with van der Waals surface area (Å²) in [5, 5.41) is 9.07. The van der Waals surface area contributed by atoms with Crippen LogP contribution in [0.5, 0.6) is 5.75 Å². The molecule has 1 N–H and O–H groups in total. The number of aromatic nitrogens is 1. The van der Waals surface area contributed by atoms with Crippen LogP contribution >= 0.6 is 0 Å². The summed E-state index contributed by atoms with van der Waals surface area (Å²) in [6, 6.07) is 18.9. The summed E-state index contributed by atoms with van der Waals surface area (Å²) in [4.78, 5) is 11.1. The van der Waals surface area contributed by atoms with Crippen LogP contribution < -0.4 is 21.7 Å². The van der Waals surface area contributed by atoms with E-state index in [1.165, 1.54) is 0 Å². The first kappa shape index (κ1) is 20.2. The number of hydrogen-bond acceptors (Lipinski definition) is 2. The molecule has 0 unspecified atom stereocenters. The molecule has 27 heavy (non-hydrogen) atoms. The number of pyridine rings is 1. The Morgan fingerprint density at radius 3 is 2.22 bits per heavy atom. The van der Waals surface area contributed by atoms with Gasteiger partial charge in [0.25, 0.3) is 0 Å². The van der Waals surface area contributed by atoms with E-state index in [1.54, 1.807) is 25.3 Å². The van der Waals surface area contributed by atoms with Gasteiger partial charge >= 0.3 is 5.97 Å². The Morgan fingerprint density at radius 2 is 1.63 bits per heavy atom. The summed E-state index contributed by atoms with van der Waals surface area (Å²) in [6.45, 7) is 0.629. The number of methoxy groups -OCH3 is 1. The molecule has 1 aromatic heterocycles. The number of nitrogens with zero attached hydrogens (tertiary/aromatic N) is 1. The van der Waals surface area contributed by atoms with Gasteiger partial charge in [0.1, 0.15) is 5.75 Å². The van der Waals surface area contributed by atoms with Crippen LogP contribution in [0.25, 0.3) is 12.2 Å². The van der Waals surface area contributed by atoms with Gasteiger partial charge in [-0.3, -0.25) is 0 Å². The molecular formula is C22H20ClNO3. The van der Waals surface area contributed by atoms with Crippen molar-refractivity contribution in [3.8, 4) is 5.75 Å². The summed E-state index contributed by atoms with van der Waals surface area (Å²) < 4.78 is 7.17. The highest BCUT2D eigenvalue weighted by atomic mass is 35.5. The van der Waals surface area contributed by atoms with E-state index in [2.05, 4.69) is 12.2 Å². The van der Waals surface area contributed by atoms with E-state index in [1.807, 2.05) is 59.4 Å². The molecule has 0 aliphatic carbocycles. The zero-order valence-electron chi connectivity index (χ0n) is 14.9. The number of hydrogen-bond donors (Lipinski definition) is 1. The van der Waals surface area contributed by atoms with Gasteiger partial charge in [-0.2, -0.15) is 0 Å². The van der Waals surface area contributed by atoms with Crippen LogP contribution in [-0.2, 0) is 6.54 Å². The van der Waals surface area contributed by atoms with E-state index in [0.717, 1.165) is 22.4 Å². The van der Waals surface area contributed by atoms with E-state index in [0.29, 0.717) is 12.1 Å². The van der Waals surface area contributed by atoms with Crippen LogP contribution in [0.2, 0.25) is 0 Å². The number of carbonyl (C=O) groups is 1. The summed E-state index contributed by atoms with van der Waals surface area (Å²) >= 11 is 0. The second-order valence-electron chi connectivity index (χ2n) is 5.92. The van der Waals surface area contributed by atoms with E-state index >= 15 is 0 Å². The molecule has 0 saturated carbocycles. The molecule has 0 saturated heterocycles. The van der Waals surface area contributed by atoms with Crippen molar-refractivity contribution >= 4 is 18.1 Å². The Labute approximate surface area is 164 Å². The first-order chi connectivity index (χ1) is 12.6. The molecule has 0 aliphatic heterocycles. The number of aromatic carboxylic acids is 1. The van der Waals surface area contributed by atoms with Crippen molar-refractivity contribution in [2.75, 3.05) is 7.11 Å². The summed E-state index contributed by atoms with van der Waals surface area (Å²) in [5.41, 5.74) is 3.46. The van der Waals surface area contributed by atoms with Gasteiger partial charge in [-0.25, -0.2) is 9.36 Å². The molecule has 5 heteroatoms. The van der Waals surface area contributed by atoms with Gasteiger partial charge in [-0.05, 0) is 35.4 Å². The predicted octanol–water partition coefficient (Wildman–Crippen LogP) is 0.904. The lowest BCUT2D eigenvalue weighted by Crippen LogP contribution is -3.00. The zero-order chi connectivity index (χ0) is 18.4. The van der Waals surface area contributed by atoms with E-state index in [9.17, 15) is 4.79 Å². The summed E-state index contributed by atoms with van der Waals surface area (Å²) in [6.07, 6.45) is 8.08. The number of rotatable bonds is 6. The first-order valence-corrected chi connectivity index (χ1v) is 8.27. The summed E-state index contributed by atoms with van der Waals surface area (Å²) in [5.74, 6) is -0.0641. The van der Waals surface area contributed by atoms with Crippen molar-refractivity contribution in [3.63, 3.8) is 0 Å². The number of carboxylic acid groups (broad SMARTS) is 1. The molecule has 0 aliphatic rings. The Bertz CT molecular complexity index is 919. The maximum Gasteiger partial charge on any atom is 0.335 e. The number of benzene rings is 2. The normalized spacial score (nSPS) is 10.4. The fraction of sp³-hybridized carbons (Fsp3) is 0.0909. The first-order valence-electron chi connectivity index (χ1n) is 8.27. The molecular weight excluding hydrogens is 362 g/mol. The molecule has 2 aromatic carbocycles. The Kier molecular flexibility index (Phi) is 7.15. The van der Waals surface area contributed by atoms with Crippen molar-refractivity contribution in [2.24, 2.45) is 0 Å². The fourth-order valence-electron chi connectivity index (χ4n) is 2.61. The molecule has 3 rings (SSSR count). The minimum atomic E-state index is -0.907. The van der Waals surface area contributed by atoms with E-state index < -0.39 is 5.97 Å². The highest BCUT2D eigenvalue weighted by Gasteiger charge is 2.07. The molecule has 0 atom stereocenters. The fourth-order valence-corrected chi connectivity index (χ4v) is 2.61. The number of carboxylic acids is 1. The van der Waals surface area contributed by atoms with Gasteiger partial charge in [-0.15, -0.1) is 0 Å². The molecule has 4 nitrogen and oxygen atoms in total. The maximum absolute atomic E-state index is 11.1. The summed E-state index contributed by atoms with van der Waals surface area (Å²) in [7, 11) is 1.65. The van der Waals surface area contributed by atoms with Crippen LogP contribution in [0, 0.1) is 0 Å². The van der Waals surface area contributed by atoms with Crippen LogP contribution in [0.15, 0.2) is 73.1 Å². The topological polar surface area (TPSA) is 50.4 Å². The van der Waals surface area contributed by atoms with E-state index in [4.69, 9.17) is 9.84 Å². The minimum absolute atomic E-state index is 0. The SMILES string of the molecule is COc1ccc(/C=C\c2cc[n+](Cc3cccc(C(=O)O)c3)cc2)cc1.[Cl-]. The van der Waals surface area contributed by atoms with Gasteiger partial charge in [0.05, 0.1) is 12.7 Å². The molecule has 0 radical (unpaired) electrons. The molecule has 0 amide bonds. The van der Waals surface area contributed by atoms with Gasteiger partial charge in [0.15, 0.2) is 18.9 Å². The molecule has 0 spiro atoms. The monoisotopic (exact) mass is 381 g/mol. The highest BCUT2D eigenvalue weighted by Crippen LogP contribution is 2.13. The second kappa shape index (κ2) is 9.55. The highest BCUT2D eigenvalue weighted by molar-refractivity contribution is 5.87. The van der Waals surface area contributed by atoms with Gasteiger partial charge in [0.2, 0.25) is 0 Å². The van der Waals surface area contributed by atoms with Crippen LogP contribution in [0.1, 0.15) is 27.0 Å². The zero-order valence-corrected chi connectivity index (χ0v) is 15.6. The average molecular weight is 382 g/mol. The lowest BCUT2D eigenvalue weighted by molar-refractivity contribution is -0.688. The largest absolute Gasteiger partial charge is 1.00 e. The van der Waals surface area contributed by atoms with Crippen molar-refractivity contribution in [2.45, 2.75) is 6.54 Å². The third kappa shape index (κ3) is 5.69.